The summed E-state index contributed by atoms with van der Waals surface area (Å²) < 4.78 is 10.5. The average molecular weight is 411 g/mol. The third-order valence-electron chi connectivity index (χ3n) is 5.64. The molecular formula is C24H30N2O4. The van der Waals surface area contributed by atoms with E-state index in [1.54, 1.807) is 32.4 Å². The summed E-state index contributed by atoms with van der Waals surface area (Å²) in [5.41, 5.74) is 2.79. The summed E-state index contributed by atoms with van der Waals surface area (Å²) in [5.74, 6) is 1.54. The second kappa shape index (κ2) is 10.1. The Morgan fingerprint density at radius 2 is 1.67 bits per heavy atom. The van der Waals surface area contributed by atoms with Crippen LogP contribution < -0.4 is 14.8 Å². The summed E-state index contributed by atoms with van der Waals surface area (Å²) >= 11 is 0. The first kappa shape index (κ1) is 21.7. The van der Waals surface area contributed by atoms with Gasteiger partial charge in [0.1, 0.15) is 0 Å². The molecule has 30 heavy (non-hydrogen) atoms. The summed E-state index contributed by atoms with van der Waals surface area (Å²) in [6.45, 7) is 4.12. The summed E-state index contributed by atoms with van der Waals surface area (Å²) in [6.07, 6.45) is 2.23. The smallest absolute Gasteiger partial charge is 0.251 e. The van der Waals surface area contributed by atoms with Crippen LogP contribution in [0.5, 0.6) is 11.5 Å². The molecule has 6 nitrogen and oxygen atoms in total. The highest BCUT2D eigenvalue weighted by Gasteiger charge is 2.23. The largest absolute Gasteiger partial charge is 0.493 e. The first-order chi connectivity index (χ1) is 14.5. The van der Waals surface area contributed by atoms with Gasteiger partial charge < -0.3 is 19.7 Å². The van der Waals surface area contributed by atoms with Gasteiger partial charge in [0.25, 0.3) is 5.91 Å². The van der Waals surface area contributed by atoms with Crippen LogP contribution in [0.15, 0.2) is 42.5 Å². The van der Waals surface area contributed by atoms with E-state index in [-0.39, 0.29) is 11.8 Å². The van der Waals surface area contributed by atoms with Crippen LogP contribution in [0.4, 0.5) is 0 Å². The lowest BCUT2D eigenvalue weighted by atomic mass is 9.96. The summed E-state index contributed by atoms with van der Waals surface area (Å²) in [5, 5.41) is 3.01. The number of rotatable bonds is 7. The minimum absolute atomic E-state index is 0.131. The van der Waals surface area contributed by atoms with Gasteiger partial charge in [-0.2, -0.15) is 0 Å². The molecule has 0 aromatic heterocycles. The van der Waals surface area contributed by atoms with Gasteiger partial charge in [0.15, 0.2) is 11.5 Å². The molecule has 160 valence electrons. The van der Waals surface area contributed by atoms with Gasteiger partial charge in [0.2, 0.25) is 5.91 Å². The Hall–Kier alpha value is -3.02. The monoisotopic (exact) mass is 410 g/mol. The third kappa shape index (κ3) is 5.53. The van der Waals surface area contributed by atoms with Crippen molar-refractivity contribution in [2.45, 2.75) is 26.2 Å². The number of piperidine rings is 1. The van der Waals surface area contributed by atoms with Gasteiger partial charge >= 0.3 is 0 Å². The molecule has 1 N–H and O–H groups in total. The quantitative estimate of drug-likeness (QED) is 0.761. The number of likely N-dealkylation sites (tertiary alicyclic amines) is 1. The van der Waals surface area contributed by atoms with E-state index in [1.807, 2.05) is 36.1 Å². The number of hydrogen-bond donors (Lipinski definition) is 1. The van der Waals surface area contributed by atoms with E-state index in [1.165, 1.54) is 5.56 Å². The van der Waals surface area contributed by atoms with E-state index in [4.69, 9.17) is 9.47 Å². The highest BCUT2D eigenvalue weighted by Crippen LogP contribution is 2.27. The van der Waals surface area contributed by atoms with E-state index in [2.05, 4.69) is 5.32 Å². The fraction of sp³-hybridized carbons (Fsp3) is 0.417. The van der Waals surface area contributed by atoms with Gasteiger partial charge in [-0.3, -0.25) is 9.59 Å². The molecule has 0 unspecified atom stereocenters. The minimum atomic E-state index is -0.131. The Bertz CT molecular complexity index is 871. The molecule has 2 aromatic rings. The molecule has 0 spiro atoms. The topological polar surface area (TPSA) is 67.9 Å². The normalized spacial score (nSPS) is 14.3. The molecule has 0 bridgehead atoms. The molecule has 1 aliphatic rings. The molecule has 1 aliphatic heterocycles. The molecule has 1 fully saturated rings. The van der Waals surface area contributed by atoms with Gasteiger partial charge in [0.05, 0.1) is 20.6 Å². The first-order valence-electron chi connectivity index (χ1n) is 10.3. The molecule has 1 heterocycles. The van der Waals surface area contributed by atoms with Gasteiger partial charge in [-0.15, -0.1) is 0 Å². The lowest BCUT2D eigenvalue weighted by Crippen LogP contribution is -2.42. The van der Waals surface area contributed by atoms with Crippen molar-refractivity contribution in [3.8, 4) is 11.5 Å². The van der Waals surface area contributed by atoms with Crippen LogP contribution in [0.25, 0.3) is 0 Å². The SMILES string of the molecule is COc1ccc(C(=O)NCC2CCN(C(=O)Cc3ccc(C)cc3)CC2)cc1OC. The number of benzene rings is 2. The van der Waals surface area contributed by atoms with Crippen LogP contribution in [0.3, 0.4) is 0 Å². The van der Waals surface area contributed by atoms with Crippen molar-refractivity contribution in [2.24, 2.45) is 5.92 Å². The van der Waals surface area contributed by atoms with Gasteiger partial charge in [-0.25, -0.2) is 0 Å². The zero-order valence-corrected chi connectivity index (χ0v) is 17.9. The van der Waals surface area contributed by atoms with E-state index in [0.29, 0.717) is 35.9 Å². The van der Waals surface area contributed by atoms with Crippen molar-refractivity contribution in [3.05, 3.63) is 59.2 Å². The molecule has 0 radical (unpaired) electrons. The summed E-state index contributed by atoms with van der Waals surface area (Å²) in [4.78, 5) is 27.0. The van der Waals surface area contributed by atoms with Crippen LogP contribution in [0.1, 0.15) is 34.3 Å². The first-order valence-corrected chi connectivity index (χ1v) is 10.3. The average Bonchev–Trinajstić information content (AvgIpc) is 2.78. The number of methoxy groups -OCH3 is 2. The summed E-state index contributed by atoms with van der Waals surface area (Å²) in [6, 6.07) is 13.2. The van der Waals surface area contributed by atoms with Crippen molar-refractivity contribution in [3.63, 3.8) is 0 Å². The Morgan fingerprint density at radius 1 is 1.00 bits per heavy atom. The minimum Gasteiger partial charge on any atom is -0.493 e. The zero-order valence-electron chi connectivity index (χ0n) is 17.9. The lowest BCUT2D eigenvalue weighted by molar-refractivity contribution is -0.131. The number of amides is 2. The molecule has 0 aliphatic carbocycles. The highest BCUT2D eigenvalue weighted by atomic mass is 16.5. The van der Waals surface area contributed by atoms with Crippen LogP contribution in [-0.2, 0) is 11.2 Å². The number of ether oxygens (including phenoxy) is 2. The highest BCUT2D eigenvalue weighted by molar-refractivity contribution is 5.94. The fourth-order valence-electron chi connectivity index (χ4n) is 3.70. The van der Waals surface area contributed by atoms with Gasteiger partial charge in [0, 0.05) is 25.2 Å². The van der Waals surface area contributed by atoms with Crippen molar-refractivity contribution < 1.29 is 19.1 Å². The molecule has 2 aromatic carbocycles. The molecule has 2 amide bonds. The predicted octanol–water partition coefficient (Wildman–Crippen LogP) is 3.22. The molecule has 0 saturated carbocycles. The number of carbonyl (C=O) groups excluding carboxylic acids is 2. The Labute approximate surface area is 178 Å². The van der Waals surface area contributed by atoms with Crippen molar-refractivity contribution in [2.75, 3.05) is 33.9 Å². The maximum Gasteiger partial charge on any atom is 0.251 e. The molecule has 6 heteroatoms. The lowest BCUT2D eigenvalue weighted by Gasteiger charge is -2.32. The standard InChI is InChI=1S/C24H30N2O4/c1-17-4-6-18(7-5-17)14-23(27)26-12-10-19(11-13-26)16-25-24(28)20-8-9-21(29-2)22(15-20)30-3/h4-9,15,19H,10-14,16H2,1-3H3,(H,25,28). The maximum absolute atomic E-state index is 12.6. The second-order valence-corrected chi connectivity index (χ2v) is 7.77. The Kier molecular flexibility index (Phi) is 7.33. The van der Waals surface area contributed by atoms with Crippen LogP contribution in [-0.4, -0.2) is 50.6 Å². The Balaban J connectivity index is 1.45. The zero-order chi connectivity index (χ0) is 21.5. The van der Waals surface area contributed by atoms with Crippen molar-refractivity contribution in [1.82, 2.24) is 10.2 Å². The van der Waals surface area contributed by atoms with E-state index in [9.17, 15) is 9.59 Å². The summed E-state index contributed by atoms with van der Waals surface area (Å²) in [7, 11) is 3.11. The number of nitrogens with zero attached hydrogens (tertiary/aromatic N) is 1. The van der Waals surface area contributed by atoms with E-state index >= 15 is 0 Å². The van der Waals surface area contributed by atoms with Crippen LogP contribution in [0, 0.1) is 12.8 Å². The molecule has 3 rings (SSSR count). The number of hydrogen-bond acceptors (Lipinski definition) is 4. The molecular weight excluding hydrogens is 380 g/mol. The molecule has 1 saturated heterocycles. The molecule has 0 atom stereocenters. The number of carbonyl (C=O) groups is 2. The van der Waals surface area contributed by atoms with Crippen LogP contribution >= 0.6 is 0 Å². The van der Waals surface area contributed by atoms with E-state index in [0.717, 1.165) is 31.5 Å². The van der Waals surface area contributed by atoms with Crippen molar-refractivity contribution >= 4 is 11.8 Å². The number of nitrogens with one attached hydrogen (secondary N) is 1. The van der Waals surface area contributed by atoms with Crippen molar-refractivity contribution in [1.29, 1.82) is 0 Å². The predicted molar refractivity (Wildman–Crippen MR) is 116 cm³/mol. The van der Waals surface area contributed by atoms with Gasteiger partial charge in [-0.05, 0) is 49.4 Å². The maximum atomic E-state index is 12.6. The van der Waals surface area contributed by atoms with E-state index < -0.39 is 0 Å². The second-order valence-electron chi connectivity index (χ2n) is 7.77. The third-order valence-corrected chi connectivity index (χ3v) is 5.64. The fourth-order valence-corrected chi connectivity index (χ4v) is 3.70. The van der Waals surface area contributed by atoms with Crippen LogP contribution in [0.2, 0.25) is 0 Å². The number of aryl methyl sites for hydroxylation is 1. The Morgan fingerprint density at radius 3 is 2.30 bits per heavy atom. The van der Waals surface area contributed by atoms with Gasteiger partial charge in [-0.1, -0.05) is 29.8 Å².